The second-order valence-electron chi connectivity index (χ2n) is 7.48. The Bertz CT molecular complexity index is 627. The molecule has 27 heavy (non-hydrogen) atoms. The minimum Gasteiger partial charge on any atom is -0.493 e. The molecule has 0 bridgehead atoms. The Balaban J connectivity index is 1.51. The van der Waals surface area contributed by atoms with Crippen molar-refractivity contribution in [1.82, 2.24) is 15.5 Å². The number of hydrogen-bond acceptors (Lipinski definition) is 4. The molecular formula is C21H34N4O2. The molecule has 3 rings (SSSR count). The number of nitrogens with zero attached hydrogens (tertiary/aromatic N) is 2. The molecular weight excluding hydrogens is 340 g/mol. The highest BCUT2D eigenvalue weighted by Crippen LogP contribution is 2.34. The zero-order chi connectivity index (χ0) is 19.1. The first-order valence-electron chi connectivity index (χ1n) is 10.2. The second kappa shape index (κ2) is 9.83. The Hall–Kier alpha value is -1.95. The molecule has 2 aliphatic carbocycles. The van der Waals surface area contributed by atoms with Gasteiger partial charge in [0.05, 0.1) is 20.8 Å². The molecule has 1 aromatic carbocycles. The van der Waals surface area contributed by atoms with E-state index in [1.807, 2.05) is 18.2 Å². The minimum atomic E-state index is 0.601. The van der Waals surface area contributed by atoms with E-state index < -0.39 is 0 Å². The zero-order valence-electron chi connectivity index (χ0n) is 17.0. The van der Waals surface area contributed by atoms with Crippen LogP contribution in [0.15, 0.2) is 23.2 Å². The van der Waals surface area contributed by atoms with Gasteiger partial charge in [0.25, 0.3) is 0 Å². The summed E-state index contributed by atoms with van der Waals surface area (Å²) in [6.07, 6.45) is 5.60. The normalized spacial score (nSPS) is 17.1. The van der Waals surface area contributed by atoms with Crippen LogP contribution < -0.4 is 20.1 Å². The van der Waals surface area contributed by atoms with Gasteiger partial charge in [-0.2, -0.15) is 0 Å². The third-order valence-electron chi connectivity index (χ3n) is 5.16. The first kappa shape index (κ1) is 19.8. The van der Waals surface area contributed by atoms with Crippen LogP contribution in [0.1, 0.15) is 38.2 Å². The van der Waals surface area contributed by atoms with Crippen molar-refractivity contribution < 1.29 is 9.47 Å². The maximum atomic E-state index is 5.38. The van der Waals surface area contributed by atoms with Crippen molar-refractivity contribution in [2.75, 3.05) is 40.4 Å². The van der Waals surface area contributed by atoms with E-state index in [-0.39, 0.29) is 0 Å². The van der Waals surface area contributed by atoms with Gasteiger partial charge in [-0.1, -0.05) is 6.07 Å². The fraction of sp³-hybridized carbons (Fsp3) is 0.667. The van der Waals surface area contributed by atoms with Crippen LogP contribution in [0.4, 0.5) is 0 Å². The van der Waals surface area contributed by atoms with E-state index in [0.717, 1.165) is 54.6 Å². The molecule has 6 nitrogen and oxygen atoms in total. The van der Waals surface area contributed by atoms with Crippen molar-refractivity contribution in [1.29, 1.82) is 0 Å². The summed E-state index contributed by atoms with van der Waals surface area (Å²) in [4.78, 5) is 7.39. The highest BCUT2D eigenvalue weighted by atomic mass is 16.5. The smallest absolute Gasteiger partial charge is 0.191 e. The molecule has 0 radical (unpaired) electrons. The second-order valence-corrected chi connectivity index (χ2v) is 7.48. The highest BCUT2D eigenvalue weighted by Gasteiger charge is 2.33. The van der Waals surface area contributed by atoms with Crippen LogP contribution in [0.5, 0.6) is 11.5 Å². The summed E-state index contributed by atoms with van der Waals surface area (Å²) in [6, 6.07) is 6.77. The van der Waals surface area contributed by atoms with Gasteiger partial charge in [-0.15, -0.1) is 0 Å². The molecule has 1 aromatic rings. The molecule has 0 unspecified atom stereocenters. The standard InChI is InChI=1S/C21H34N4O2/c1-4-22-21(23-11-12-25(18-8-9-18)15-16-5-6-16)24-14-17-7-10-19(26-2)20(13-17)27-3/h7,10,13,16,18H,4-6,8-9,11-12,14-15H2,1-3H3,(H2,22,23,24). The third kappa shape index (κ3) is 6.31. The summed E-state index contributed by atoms with van der Waals surface area (Å²) in [5.41, 5.74) is 1.10. The number of hydrogen-bond donors (Lipinski definition) is 2. The fourth-order valence-electron chi connectivity index (χ4n) is 3.30. The number of guanidine groups is 1. The lowest BCUT2D eigenvalue weighted by molar-refractivity contribution is 0.256. The van der Waals surface area contributed by atoms with Gasteiger partial charge in [0, 0.05) is 32.2 Å². The quantitative estimate of drug-likeness (QED) is 0.461. The third-order valence-corrected chi connectivity index (χ3v) is 5.16. The van der Waals surface area contributed by atoms with Gasteiger partial charge in [-0.05, 0) is 56.2 Å². The van der Waals surface area contributed by atoms with Gasteiger partial charge in [0.15, 0.2) is 17.5 Å². The van der Waals surface area contributed by atoms with Gasteiger partial charge in [-0.25, -0.2) is 4.99 Å². The lowest BCUT2D eigenvalue weighted by Gasteiger charge is -2.22. The summed E-state index contributed by atoms with van der Waals surface area (Å²) in [7, 11) is 3.31. The largest absolute Gasteiger partial charge is 0.493 e. The Morgan fingerprint density at radius 2 is 1.89 bits per heavy atom. The number of aliphatic imine (C=N–C) groups is 1. The Labute approximate surface area is 163 Å². The Morgan fingerprint density at radius 3 is 2.52 bits per heavy atom. The molecule has 2 saturated carbocycles. The van der Waals surface area contributed by atoms with Crippen molar-refractivity contribution in [3.8, 4) is 11.5 Å². The molecule has 0 heterocycles. The molecule has 150 valence electrons. The lowest BCUT2D eigenvalue weighted by atomic mass is 10.2. The van der Waals surface area contributed by atoms with Crippen LogP contribution in [0, 0.1) is 5.92 Å². The molecule has 6 heteroatoms. The van der Waals surface area contributed by atoms with E-state index >= 15 is 0 Å². The number of benzene rings is 1. The van der Waals surface area contributed by atoms with Gasteiger partial charge in [0.1, 0.15) is 0 Å². The van der Waals surface area contributed by atoms with Crippen molar-refractivity contribution in [3.63, 3.8) is 0 Å². The molecule has 0 spiro atoms. The molecule has 0 amide bonds. The molecule has 0 aromatic heterocycles. The van der Waals surface area contributed by atoms with Gasteiger partial charge < -0.3 is 20.1 Å². The topological polar surface area (TPSA) is 58.1 Å². The van der Waals surface area contributed by atoms with Gasteiger partial charge in [0.2, 0.25) is 0 Å². The predicted molar refractivity (Wildman–Crippen MR) is 110 cm³/mol. The summed E-state index contributed by atoms with van der Waals surface area (Å²) in [5, 5.41) is 6.83. The van der Waals surface area contributed by atoms with E-state index in [2.05, 4.69) is 22.5 Å². The average Bonchev–Trinajstić information content (AvgIpc) is 3.58. The van der Waals surface area contributed by atoms with Crippen molar-refractivity contribution in [2.24, 2.45) is 10.9 Å². The van der Waals surface area contributed by atoms with Crippen LogP contribution in [0.25, 0.3) is 0 Å². The fourth-order valence-corrected chi connectivity index (χ4v) is 3.30. The maximum absolute atomic E-state index is 5.38. The number of methoxy groups -OCH3 is 2. The average molecular weight is 375 g/mol. The highest BCUT2D eigenvalue weighted by molar-refractivity contribution is 5.79. The van der Waals surface area contributed by atoms with Gasteiger partial charge >= 0.3 is 0 Å². The van der Waals surface area contributed by atoms with Crippen LogP contribution in [-0.4, -0.2) is 57.3 Å². The molecule has 2 aliphatic rings. The monoisotopic (exact) mass is 374 g/mol. The first-order chi connectivity index (χ1) is 13.2. The SMILES string of the molecule is CCNC(=NCc1ccc(OC)c(OC)c1)NCCN(CC1CC1)C1CC1. The number of ether oxygens (including phenoxy) is 2. The molecule has 0 aliphatic heterocycles. The van der Waals surface area contributed by atoms with Crippen LogP contribution in [-0.2, 0) is 6.54 Å². The summed E-state index contributed by atoms with van der Waals surface area (Å²) < 4.78 is 10.7. The van der Waals surface area contributed by atoms with Crippen molar-refractivity contribution in [2.45, 2.75) is 45.2 Å². The van der Waals surface area contributed by atoms with E-state index in [4.69, 9.17) is 14.5 Å². The van der Waals surface area contributed by atoms with Crippen LogP contribution in [0.2, 0.25) is 0 Å². The zero-order valence-corrected chi connectivity index (χ0v) is 17.0. The predicted octanol–water partition coefficient (Wildman–Crippen LogP) is 2.63. The van der Waals surface area contributed by atoms with E-state index in [0.29, 0.717) is 6.54 Å². The van der Waals surface area contributed by atoms with Crippen LogP contribution >= 0.6 is 0 Å². The summed E-state index contributed by atoms with van der Waals surface area (Å²) >= 11 is 0. The van der Waals surface area contributed by atoms with Gasteiger partial charge in [-0.3, -0.25) is 4.90 Å². The Morgan fingerprint density at radius 1 is 1.11 bits per heavy atom. The summed E-state index contributed by atoms with van der Waals surface area (Å²) in [6.45, 7) is 6.86. The van der Waals surface area contributed by atoms with Crippen molar-refractivity contribution >= 4 is 5.96 Å². The molecule has 2 N–H and O–H groups in total. The van der Waals surface area contributed by atoms with E-state index in [1.54, 1.807) is 14.2 Å². The molecule has 2 fully saturated rings. The van der Waals surface area contributed by atoms with E-state index in [1.165, 1.54) is 32.2 Å². The molecule has 0 saturated heterocycles. The lowest BCUT2D eigenvalue weighted by Crippen LogP contribution is -2.42. The van der Waals surface area contributed by atoms with Crippen molar-refractivity contribution in [3.05, 3.63) is 23.8 Å². The van der Waals surface area contributed by atoms with Crippen LogP contribution in [0.3, 0.4) is 0 Å². The minimum absolute atomic E-state index is 0.601. The maximum Gasteiger partial charge on any atom is 0.191 e. The summed E-state index contributed by atoms with van der Waals surface area (Å²) in [5.74, 6) is 3.31. The molecule has 0 atom stereocenters. The Kier molecular flexibility index (Phi) is 7.21. The number of rotatable bonds is 11. The first-order valence-corrected chi connectivity index (χ1v) is 10.2. The number of nitrogens with one attached hydrogen (secondary N) is 2. The van der Waals surface area contributed by atoms with E-state index in [9.17, 15) is 0 Å².